The molecule has 0 spiro atoms. The molecule has 1 N–H and O–H groups in total. The monoisotopic (exact) mass is 464 g/mol. The van der Waals surface area contributed by atoms with Gasteiger partial charge < -0.3 is 14.5 Å². The van der Waals surface area contributed by atoms with E-state index in [0.717, 1.165) is 42.4 Å². The van der Waals surface area contributed by atoms with Gasteiger partial charge in [-0.1, -0.05) is 22.0 Å². The third-order valence-electron chi connectivity index (χ3n) is 4.93. The summed E-state index contributed by atoms with van der Waals surface area (Å²) >= 11 is 3.46. The van der Waals surface area contributed by atoms with Gasteiger partial charge in [0.05, 0.1) is 12.6 Å². The minimum Gasteiger partial charge on any atom is -0.419 e. The first-order valence-corrected chi connectivity index (χ1v) is 11.0. The number of amides is 1. The number of hydrogen-bond acceptors (Lipinski definition) is 6. The summed E-state index contributed by atoms with van der Waals surface area (Å²) in [4.78, 5) is 14.6. The lowest BCUT2D eigenvalue weighted by atomic mass is 9.96. The molecular formula is C21H29BrN4O3. The van der Waals surface area contributed by atoms with Gasteiger partial charge >= 0.3 is 0 Å². The Labute approximate surface area is 180 Å². The first kappa shape index (κ1) is 21.9. The third-order valence-corrected chi connectivity index (χ3v) is 5.42. The Bertz CT molecular complexity index is 788. The number of hydrogen-bond donors (Lipinski definition) is 1. The van der Waals surface area contributed by atoms with E-state index in [0.29, 0.717) is 31.5 Å². The molecule has 1 aliphatic rings. The Balaban J connectivity index is 1.39. The molecule has 3 rings (SSSR count). The van der Waals surface area contributed by atoms with Crippen LogP contribution in [0.1, 0.15) is 39.0 Å². The zero-order valence-electron chi connectivity index (χ0n) is 17.1. The Morgan fingerprint density at radius 3 is 2.86 bits per heavy atom. The molecule has 0 unspecified atom stereocenters. The molecule has 29 heavy (non-hydrogen) atoms. The summed E-state index contributed by atoms with van der Waals surface area (Å²) in [5.41, 5.74) is 0.896. The highest BCUT2D eigenvalue weighted by molar-refractivity contribution is 9.10. The van der Waals surface area contributed by atoms with Gasteiger partial charge in [-0.15, -0.1) is 10.2 Å². The molecule has 1 aromatic heterocycles. The maximum absolute atomic E-state index is 12.3. The first-order valence-electron chi connectivity index (χ1n) is 10.2. The lowest BCUT2D eigenvalue weighted by Crippen LogP contribution is -2.40. The SMILES string of the molecule is CC(C)OCCCNC(=O)C1CCN(Cc2nnc(-c3cccc(Br)c3)o2)CC1. The average molecular weight is 465 g/mol. The highest BCUT2D eigenvalue weighted by atomic mass is 79.9. The second kappa shape index (κ2) is 10.8. The number of aromatic nitrogens is 2. The first-order chi connectivity index (χ1) is 14.0. The van der Waals surface area contributed by atoms with Crippen molar-refractivity contribution in [3.63, 3.8) is 0 Å². The number of nitrogens with zero attached hydrogens (tertiary/aromatic N) is 3. The van der Waals surface area contributed by atoms with Crippen LogP contribution >= 0.6 is 15.9 Å². The van der Waals surface area contributed by atoms with Crippen LogP contribution in [0.5, 0.6) is 0 Å². The molecule has 1 amide bonds. The molecule has 7 nitrogen and oxygen atoms in total. The topological polar surface area (TPSA) is 80.5 Å². The molecule has 0 bridgehead atoms. The average Bonchev–Trinajstić information content (AvgIpc) is 3.16. The van der Waals surface area contributed by atoms with E-state index in [1.807, 2.05) is 38.1 Å². The molecule has 1 aromatic carbocycles. The van der Waals surface area contributed by atoms with Crippen LogP contribution in [0.4, 0.5) is 0 Å². The molecule has 2 heterocycles. The van der Waals surface area contributed by atoms with Gasteiger partial charge in [-0.3, -0.25) is 9.69 Å². The van der Waals surface area contributed by atoms with Crippen molar-refractivity contribution < 1.29 is 13.9 Å². The lowest BCUT2D eigenvalue weighted by Gasteiger charge is -2.30. The van der Waals surface area contributed by atoms with E-state index in [2.05, 4.69) is 36.3 Å². The number of ether oxygens (including phenoxy) is 1. The van der Waals surface area contributed by atoms with Crippen molar-refractivity contribution in [2.24, 2.45) is 5.92 Å². The quantitative estimate of drug-likeness (QED) is 0.570. The van der Waals surface area contributed by atoms with E-state index in [-0.39, 0.29) is 17.9 Å². The van der Waals surface area contributed by atoms with Crippen LogP contribution in [0.15, 0.2) is 33.2 Å². The van der Waals surface area contributed by atoms with Crippen molar-refractivity contribution in [2.75, 3.05) is 26.2 Å². The molecule has 0 aliphatic carbocycles. The molecule has 1 saturated heterocycles. The summed E-state index contributed by atoms with van der Waals surface area (Å²) in [6, 6.07) is 7.80. The second-order valence-corrected chi connectivity index (χ2v) is 8.54. The van der Waals surface area contributed by atoms with Gasteiger partial charge in [-0.2, -0.15) is 0 Å². The Kier molecular flexibility index (Phi) is 8.20. The van der Waals surface area contributed by atoms with Crippen molar-refractivity contribution in [2.45, 2.75) is 45.8 Å². The van der Waals surface area contributed by atoms with E-state index in [1.165, 1.54) is 0 Å². The number of carbonyl (C=O) groups is 1. The van der Waals surface area contributed by atoms with Crippen molar-refractivity contribution >= 4 is 21.8 Å². The van der Waals surface area contributed by atoms with Gasteiger partial charge in [0.2, 0.25) is 17.7 Å². The van der Waals surface area contributed by atoms with E-state index in [4.69, 9.17) is 9.15 Å². The summed E-state index contributed by atoms with van der Waals surface area (Å²) in [5.74, 6) is 1.37. The van der Waals surface area contributed by atoms with Crippen molar-refractivity contribution in [3.05, 3.63) is 34.6 Å². The normalized spacial score (nSPS) is 15.7. The van der Waals surface area contributed by atoms with Crippen LogP contribution in [0.3, 0.4) is 0 Å². The van der Waals surface area contributed by atoms with Crippen molar-refractivity contribution in [3.8, 4) is 11.5 Å². The fourth-order valence-corrected chi connectivity index (χ4v) is 3.75. The van der Waals surface area contributed by atoms with Crippen LogP contribution in [-0.4, -0.2) is 53.3 Å². The highest BCUT2D eigenvalue weighted by Crippen LogP contribution is 2.23. The van der Waals surface area contributed by atoms with Crippen LogP contribution in [0, 0.1) is 5.92 Å². The zero-order valence-corrected chi connectivity index (χ0v) is 18.7. The molecular weight excluding hydrogens is 436 g/mol. The molecule has 1 aliphatic heterocycles. The number of benzene rings is 1. The zero-order chi connectivity index (χ0) is 20.6. The van der Waals surface area contributed by atoms with Crippen molar-refractivity contribution in [1.29, 1.82) is 0 Å². The maximum Gasteiger partial charge on any atom is 0.247 e. The Morgan fingerprint density at radius 1 is 1.34 bits per heavy atom. The van der Waals surface area contributed by atoms with Gasteiger partial charge in [0, 0.05) is 29.1 Å². The summed E-state index contributed by atoms with van der Waals surface area (Å²) in [6.45, 7) is 7.70. The van der Waals surface area contributed by atoms with Gasteiger partial charge in [0.25, 0.3) is 0 Å². The van der Waals surface area contributed by atoms with Crippen LogP contribution in [0.25, 0.3) is 11.5 Å². The smallest absolute Gasteiger partial charge is 0.247 e. The number of halogens is 1. The third kappa shape index (κ3) is 6.90. The summed E-state index contributed by atoms with van der Waals surface area (Å²) in [5, 5.41) is 11.4. The second-order valence-electron chi connectivity index (χ2n) is 7.63. The van der Waals surface area contributed by atoms with Gasteiger partial charge in [-0.05, 0) is 64.4 Å². The number of carbonyl (C=O) groups excluding carboxylic acids is 1. The number of rotatable bonds is 9. The molecule has 2 aromatic rings. The van der Waals surface area contributed by atoms with Gasteiger partial charge in [-0.25, -0.2) is 0 Å². The molecule has 0 saturated carbocycles. The van der Waals surface area contributed by atoms with E-state index in [9.17, 15) is 4.79 Å². The molecule has 8 heteroatoms. The van der Waals surface area contributed by atoms with Crippen LogP contribution < -0.4 is 5.32 Å². The number of piperidine rings is 1. The molecule has 0 radical (unpaired) electrons. The highest BCUT2D eigenvalue weighted by Gasteiger charge is 2.25. The van der Waals surface area contributed by atoms with Gasteiger partial charge in [0.1, 0.15) is 0 Å². The fraction of sp³-hybridized carbons (Fsp3) is 0.571. The van der Waals surface area contributed by atoms with Crippen molar-refractivity contribution in [1.82, 2.24) is 20.4 Å². The predicted octanol–water partition coefficient (Wildman–Crippen LogP) is 3.64. The number of likely N-dealkylation sites (tertiary alicyclic amines) is 1. The standard InChI is InChI=1S/C21H29BrN4O3/c1-15(2)28-12-4-9-23-20(27)16-7-10-26(11-8-16)14-19-24-25-21(29-19)17-5-3-6-18(22)13-17/h3,5-6,13,15-16H,4,7-12,14H2,1-2H3,(H,23,27). The summed E-state index contributed by atoms with van der Waals surface area (Å²) < 4.78 is 12.3. The molecule has 158 valence electrons. The fourth-order valence-electron chi connectivity index (χ4n) is 3.35. The van der Waals surface area contributed by atoms with E-state index in [1.54, 1.807) is 0 Å². The molecule has 0 atom stereocenters. The molecule has 1 fully saturated rings. The minimum atomic E-state index is 0.0807. The summed E-state index contributed by atoms with van der Waals surface area (Å²) in [7, 11) is 0. The lowest BCUT2D eigenvalue weighted by molar-refractivity contribution is -0.126. The van der Waals surface area contributed by atoms with Crippen LogP contribution in [0.2, 0.25) is 0 Å². The maximum atomic E-state index is 12.3. The summed E-state index contributed by atoms with van der Waals surface area (Å²) in [6.07, 6.45) is 2.78. The van der Waals surface area contributed by atoms with Crippen LogP contribution in [-0.2, 0) is 16.1 Å². The van der Waals surface area contributed by atoms with E-state index >= 15 is 0 Å². The Morgan fingerprint density at radius 2 is 2.14 bits per heavy atom. The van der Waals surface area contributed by atoms with E-state index < -0.39 is 0 Å². The van der Waals surface area contributed by atoms with Gasteiger partial charge in [0.15, 0.2) is 0 Å². The predicted molar refractivity (Wildman–Crippen MR) is 114 cm³/mol. The Hall–Kier alpha value is -1.77. The largest absolute Gasteiger partial charge is 0.419 e. The number of nitrogens with one attached hydrogen (secondary N) is 1. The minimum absolute atomic E-state index is 0.0807.